The number of nitrogens with one attached hydrogen (secondary N) is 1. The van der Waals surface area contributed by atoms with Crippen LogP contribution in [0, 0.1) is 6.92 Å². The molecule has 0 aromatic heterocycles. The molecule has 9 heteroatoms. The predicted octanol–water partition coefficient (Wildman–Crippen LogP) is 7.59. The van der Waals surface area contributed by atoms with E-state index in [0.29, 0.717) is 46.0 Å². The van der Waals surface area contributed by atoms with Crippen LogP contribution in [-0.2, 0) is 11.3 Å². The summed E-state index contributed by atoms with van der Waals surface area (Å²) in [5.41, 5.74) is 3.68. The Hall–Kier alpha value is -5.44. The molecule has 4 aromatic rings. The zero-order chi connectivity index (χ0) is 34.3. The van der Waals surface area contributed by atoms with Crippen LogP contribution in [0.4, 0.5) is 5.69 Å². The number of benzene rings is 4. The number of carbonyl (C=O) groups excluding carboxylic acids is 3. The van der Waals surface area contributed by atoms with Crippen molar-refractivity contribution in [2.24, 2.45) is 0 Å². The number of esters is 1. The van der Waals surface area contributed by atoms with Gasteiger partial charge >= 0.3 is 11.9 Å². The molecule has 48 heavy (non-hydrogen) atoms. The number of ketones is 1. The van der Waals surface area contributed by atoms with Gasteiger partial charge in [0, 0.05) is 23.4 Å². The topological polar surface area (TPSA) is 122 Å². The van der Waals surface area contributed by atoms with Crippen molar-refractivity contribution < 1.29 is 33.8 Å². The zero-order valence-corrected chi connectivity index (χ0v) is 27.4. The molecule has 0 saturated heterocycles. The molecule has 0 aliphatic carbocycles. The summed E-state index contributed by atoms with van der Waals surface area (Å²) in [6, 6.07) is 27.2. The lowest BCUT2D eigenvalue weighted by Crippen LogP contribution is -2.35. The van der Waals surface area contributed by atoms with Gasteiger partial charge in [0.2, 0.25) is 0 Å². The van der Waals surface area contributed by atoms with Gasteiger partial charge in [-0.1, -0.05) is 74.6 Å². The van der Waals surface area contributed by atoms with Gasteiger partial charge in [0.05, 0.1) is 18.7 Å². The van der Waals surface area contributed by atoms with E-state index in [9.17, 15) is 24.3 Å². The maximum atomic E-state index is 13.3. The van der Waals surface area contributed by atoms with Crippen molar-refractivity contribution in [1.82, 2.24) is 4.90 Å². The summed E-state index contributed by atoms with van der Waals surface area (Å²) < 4.78 is 11.3. The zero-order valence-electron chi connectivity index (χ0n) is 27.4. The summed E-state index contributed by atoms with van der Waals surface area (Å²) in [5, 5.41) is 12.5. The molecule has 250 valence electrons. The van der Waals surface area contributed by atoms with Crippen LogP contribution in [0.2, 0.25) is 0 Å². The number of aliphatic carboxylic acids is 1. The van der Waals surface area contributed by atoms with Crippen LogP contribution < -0.4 is 14.8 Å². The first-order valence-electron chi connectivity index (χ1n) is 16.2. The number of aryl methyl sites for hydroxylation is 1. The number of Topliss-reactive ketones (excluding diaryl/α,β-unsaturated/α-hetero) is 1. The minimum Gasteiger partial charge on any atom is -0.494 e. The molecule has 0 fully saturated rings. The van der Waals surface area contributed by atoms with Crippen LogP contribution in [0.3, 0.4) is 0 Å². The fraction of sp³-hybridized carbons (Fsp3) is 0.282. The van der Waals surface area contributed by atoms with E-state index in [2.05, 4.69) is 12.2 Å². The maximum Gasteiger partial charge on any atom is 0.343 e. The molecule has 2 N–H and O–H groups in total. The number of carboxylic acid groups (broad SMARTS) is 1. The van der Waals surface area contributed by atoms with Crippen LogP contribution in [0.5, 0.6) is 11.5 Å². The van der Waals surface area contributed by atoms with E-state index >= 15 is 0 Å². The second kappa shape index (κ2) is 18.0. The quantitative estimate of drug-likeness (QED) is 0.0489. The maximum absolute atomic E-state index is 13.3. The minimum absolute atomic E-state index is 0.0322. The lowest BCUT2D eigenvalue weighted by atomic mass is 10.1. The predicted molar refractivity (Wildman–Crippen MR) is 185 cm³/mol. The lowest BCUT2D eigenvalue weighted by Gasteiger charge is -2.21. The number of anilines is 1. The number of ether oxygens (including phenoxy) is 2. The number of hydrogen-bond donors (Lipinski definition) is 2. The summed E-state index contributed by atoms with van der Waals surface area (Å²) in [7, 11) is 0. The number of nitrogens with zero attached hydrogens (tertiary/aromatic N) is 1. The molecule has 0 unspecified atom stereocenters. The third-order valence-electron chi connectivity index (χ3n) is 7.69. The smallest absolute Gasteiger partial charge is 0.343 e. The molecule has 4 rings (SSSR count). The van der Waals surface area contributed by atoms with Crippen LogP contribution in [0.1, 0.15) is 81.2 Å². The van der Waals surface area contributed by atoms with Gasteiger partial charge in [0.25, 0.3) is 5.91 Å². The van der Waals surface area contributed by atoms with E-state index in [1.165, 1.54) is 24.2 Å². The molecule has 1 amide bonds. The highest BCUT2D eigenvalue weighted by molar-refractivity contribution is 5.99. The van der Waals surface area contributed by atoms with Crippen LogP contribution in [0.25, 0.3) is 0 Å². The average molecular weight is 651 g/mol. The molecule has 0 radical (unpaired) electrons. The molecule has 0 saturated carbocycles. The number of hydrogen-bond acceptors (Lipinski definition) is 7. The van der Waals surface area contributed by atoms with Crippen molar-refractivity contribution in [3.05, 3.63) is 125 Å². The van der Waals surface area contributed by atoms with Crippen molar-refractivity contribution in [3.63, 3.8) is 0 Å². The fourth-order valence-electron chi connectivity index (χ4n) is 4.93. The molecule has 0 heterocycles. The van der Waals surface area contributed by atoms with E-state index in [-0.39, 0.29) is 18.9 Å². The number of carbonyl (C=O) groups is 4. The summed E-state index contributed by atoms with van der Waals surface area (Å²) in [6.45, 7) is 4.40. The van der Waals surface area contributed by atoms with Gasteiger partial charge < -0.3 is 24.8 Å². The summed E-state index contributed by atoms with van der Waals surface area (Å²) >= 11 is 0. The highest BCUT2D eigenvalue weighted by Crippen LogP contribution is 2.19. The molecular formula is C39H42N2O7. The Labute approximate surface area is 281 Å². The number of carboxylic acids is 1. The molecule has 0 atom stereocenters. The normalized spacial score (nSPS) is 10.6. The van der Waals surface area contributed by atoms with Crippen molar-refractivity contribution in [2.75, 3.05) is 25.0 Å². The van der Waals surface area contributed by atoms with Gasteiger partial charge in [-0.3, -0.25) is 14.4 Å². The first-order chi connectivity index (χ1) is 23.2. The number of amides is 1. The molecule has 0 bridgehead atoms. The fourth-order valence-corrected chi connectivity index (χ4v) is 4.93. The second-order valence-electron chi connectivity index (χ2n) is 11.6. The van der Waals surface area contributed by atoms with Crippen LogP contribution in [0.15, 0.2) is 97.1 Å². The van der Waals surface area contributed by atoms with E-state index < -0.39 is 24.4 Å². The van der Waals surface area contributed by atoms with Crippen molar-refractivity contribution >= 4 is 29.3 Å². The second-order valence-corrected chi connectivity index (χ2v) is 11.6. The van der Waals surface area contributed by atoms with Crippen molar-refractivity contribution in [1.29, 1.82) is 0 Å². The molecule has 4 aromatic carbocycles. The minimum atomic E-state index is -1.15. The highest BCUT2D eigenvalue weighted by atomic mass is 16.5. The summed E-state index contributed by atoms with van der Waals surface area (Å²) in [5.74, 6) is -1.18. The van der Waals surface area contributed by atoms with Gasteiger partial charge in [0.1, 0.15) is 18.0 Å². The monoisotopic (exact) mass is 650 g/mol. The van der Waals surface area contributed by atoms with E-state index in [0.717, 1.165) is 18.4 Å². The number of rotatable bonds is 18. The summed E-state index contributed by atoms with van der Waals surface area (Å²) in [4.78, 5) is 51.3. The Bertz CT molecular complexity index is 1650. The van der Waals surface area contributed by atoms with Gasteiger partial charge in [-0.25, -0.2) is 4.79 Å². The molecule has 9 nitrogen and oxygen atoms in total. The molecule has 0 aliphatic rings. The van der Waals surface area contributed by atoms with Gasteiger partial charge in [-0.2, -0.15) is 0 Å². The van der Waals surface area contributed by atoms with Crippen molar-refractivity contribution in [2.45, 2.75) is 52.5 Å². The average Bonchev–Trinajstić information content (AvgIpc) is 3.09. The van der Waals surface area contributed by atoms with Crippen LogP contribution in [-0.4, -0.2) is 53.3 Å². The highest BCUT2D eigenvalue weighted by Gasteiger charge is 2.19. The third-order valence-corrected chi connectivity index (χ3v) is 7.69. The SMILES string of the molecule is CCCCCCCOc1ccc(C(=O)Oc2ccc(CN(CC(=O)O)C(=O)c3ccc(NCC(=O)c4ccc(C)cc4)cc3)cc2)cc1. The Morgan fingerprint density at radius 3 is 1.96 bits per heavy atom. The van der Waals surface area contributed by atoms with Gasteiger partial charge in [0.15, 0.2) is 5.78 Å². The van der Waals surface area contributed by atoms with Gasteiger partial charge in [-0.05, 0) is 79.6 Å². The largest absolute Gasteiger partial charge is 0.494 e. The van der Waals surface area contributed by atoms with Gasteiger partial charge in [-0.15, -0.1) is 0 Å². The van der Waals surface area contributed by atoms with Crippen LogP contribution >= 0.6 is 0 Å². The Kier molecular flexibility index (Phi) is 13.3. The number of unbranched alkanes of at least 4 members (excludes halogenated alkanes) is 4. The summed E-state index contributed by atoms with van der Waals surface area (Å²) in [6.07, 6.45) is 5.77. The molecular weight excluding hydrogens is 608 g/mol. The Morgan fingerprint density at radius 1 is 0.708 bits per heavy atom. The molecule has 0 aliphatic heterocycles. The first-order valence-corrected chi connectivity index (χ1v) is 16.2. The van der Waals surface area contributed by atoms with E-state index in [1.54, 1.807) is 84.9 Å². The Balaban J connectivity index is 1.29. The first kappa shape index (κ1) is 35.4. The lowest BCUT2D eigenvalue weighted by molar-refractivity contribution is -0.137. The van der Waals surface area contributed by atoms with E-state index in [4.69, 9.17) is 9.47 Å². The Morgan fingerprint density at radius 2 is 1.31 bits per heavy atom. The van der Waals surface area contributed by atoms with Crippen molar-refractivity contribution in [3.8, 4) is 11.5 Å². The van der Waals surface area contributed by atoms with E-state index in [1.807, 2.05) is 19.1 Å². The third kappa shape index (κ3) is 11.1. The standard InChI is InChI=1S/C39H42N2O7/c1-3-4-5-6-7-24-47-34-22-16-32(17-23-34)39(46)48-35-20-10-29(11-21-35)26-41(27-37(43)44)38(45)31-14-18-33(19-15-31)40-25-36(42)30-12-8-28(2)9-13-30/h8-23,40H,3-7,24-27H2,1-2H3,(H,43,44). The molecule has 0 spiro atoms.